The molecule has 0 spiro atoms. The van der Waals surface area contributed by atoms with E-state index in [4.69, 9.17) is 0 Å². The molecule has 2 heterocycles. The standard InChI is InChI=1S/C21H27N5.HI/c1-22-21(24-16-17-8-9-18-5-4-6-19(18)15-17)26-13-11-25(12-14-26)20-7-2-3-10-23-20;/h2-3,7-10,15H,4-6,11-14,16H2,1H3,(H,22,24);1H. The van der Waals surface area contributed by atoms with Crippen LogP contribution in [0.2, 0.25) is 0 Å². The van der Waals surface area contributed by atoms with Gasteiger partial charge in [0.25, 0.3) is 0 Å². The Balaban J connectivity index is 0.00000210. The number of benzene rings is 1. The number of hydrogen-bond donors (Lipinski definition) is 1. The molecule has 0 unspecified atom stereocenters. The lowest BCUT2D eigenvalue weighted by Gasteiger charge is -2.37. The van der Waals surface area contributed by atoms with Crippen LogP contribution in [0.25, 0.3) is 0 Å². The van der Waals surface area contributed by atoms with E-state index in [9.17, 15) is 0 Å². The number of aromatic nitrogens is 1. The number of pyridine rings is 1. The van der Waals surface area contributed by atoms with Gasteiger partial charge in [-0.15, -0.1) is 24.0 Å². The SMILES string of the molecule is CN=C(NCc1ccc2c(c1)CCC2)N1CCN(c2ccccn2)CC1.I. The van der Waals surface area contributed by atoms with Gasteiger partial charge in [-0.1, -0.05) is 24.3 Å². The van der Waals surface area contributed by atoms with Gasteiger partial charge in [-0.05, 0) is 48.1 Å². The van der Waals surface area contributed by atoms with E-state index >= 15 is 0 Å². The van der Waals surface area contributed by atoms with Crippen LogP contribution in [0.15, 0.2) is 47.6 Å². The first-order valence-corrected chi connectivity index (χ1v) is 9.56. The van der Waals surface area contributed by atoms with Gasteiger partial charge in [0, 0.05) is 46.0 Å². The van der Waals surface area contributed by atoms with Gasteiger partial charge in [0.05, 0.1) is 0 Å². The van der Waals surface area contributed by atoms with Crippen molar-refractivity contribution in [3.05, 3.63) is 59.3 Å². The van der Waals surface area contributed by atoms with Gasteiger partial charge in [0.1, 0.15) is 5.82 Å². The fourth-order valence-electron chi connectivity index (χ4n) is 3.94. The molecule has 1 fully saturated rings. The fourth-order valence-corrected chi connectivity index (χ4v) is 3.94. The van der Waals surface area contributed by atoms with Crippen LogP contribution in [-0.4, -0.2) is 49.1 Å². The highest BCUT2D eigenvalue weighted by atomic mass is 127. The van der Waals surface area contributed by atoms with Crippen molar-refractivity contribution in [1.82, 2.24) is 15.2 Å². The second kappa shape index (κ2) is 9.39. The number of aliphatic imine (C=N–C) groups is 1. The smallest absolute Gasteiger partial charge is 0.194 e. The van der Waals surface area contributed by atoms with Crippen molar-refractivity contribution < 1.29 is 0 Å². The van der Waals surface area contributed by atoms with Gasteiger partial charge in [-0.25, -0.2) is 4.98 Å². The molecule has 1 aliphatic carbocycles. The largest absolute Gasteiger partial charge is 0.353 e. The summed E-state index contributed by atoms with van der Waals surface area (Å²) < 4.78 is 0. The molecule has 1 aromatic carbocycles. The molecule has 2 aliphatic rings. The molecule has 0 saturated carbocycles. The number of nitrogens with one attached hydrogen (secondary N) is 1. The molecule has 144 valence electrons. The molecule has 0 atom stereocenters. The third-order valence-electron chi connectivity index (χ3n) is 5.38. The third-order valence-corrected chi connectivity index (χ3v) is 5.38. The summed E-state index contributed by atoms with van der Waals surface area (Å²) >= 11 is 0. The summed E-state index contributed by atoms with van der Waals surface area (Å²) in [6.07, 6.45) is 5.63. The first-order chi connectivity index (χ1) is 12.8. The number of halogens is 1. The molecule has 5 nitrogen and oxygen atoms in total. The Kier molecular flexibility index (Phi) is 6.93. The van der Waals surface area contributed by atoms with E-state index in [1.165, 1.54) is 36.0 Å². The van der Waals surface area contributed by atoms with Crippen LogP contribution in [0, 0.1) is 0 Å². The number of aryl methyl sites for hydroxylation is 2. The summed E-state index contributed by atoms with van der Waals surface area (Å²) in [4.78, 5) is 13.6. The van der Waals surface area contributed by atoms with Crippen LogP contribution in [0.5, 0.6) is 0 Å². The van der Waals surface area contributed by atoms with Gasteiger partial charge in [-0.2, -0.15) is 0 Å². The number of fused-ring (bicyclic) bond motifs is 1. The minimum atomic E-state index is 0. The molecule has 4 rings (SSSR count). The molecule has 1 N–H and O–H groups in total. The Labute approximate surface area is 178 Å². The minimum Gasteiger partial charge on any atom is -0.353 e. The van der Waals surface area contributed by atoms with Crippen molar-refractivity contribution in [1.29, 1.82) is 0 Å². The summed E-state index contributed by atoms with van der Waals surface area (Å²) in [6.45, 7) is 4.69. The van der Waals surface area contributed by atoms with Crippen LogP contribution in [0.1, 0.15) is 23.1 Å². The zero-order valence-electron chi connectivity index (χ0n) is 15.9. The van der Waals surface area contributed by atoms with Crippen molar-refractivity contribution in [2.75, 3.05) is 38.1 Å². The fraction of sp³-hybridized carbons (Fsp3) is 0.429. The van der Waals surface area contributed by atoms with E-state index in [1.54, 1.807) is 0 Å². The minimum absolute atomic E-state index is 0. The lowest BCUT2D eigenvalue weighted by molar-refractivity contribution is 0.371. The van der Waals surface area contributed by atoms with E-state index in [2.05, 4.69) is 49.4 Å². The first kappa shape index (κ1) is 19.9. The Morgan fingerprint density at radius 2 is 1.89 bits per heavy atom. The Hall–Kier alpha value is -1.83. The Morgan fingerprint density at radius 3 is 2.63 bits per heavy atom. The predicted octanol–water partition coefficient (Wildman–Crippen LogP) is 3.09. The monoisotopic (exact) mass is 477 g/mol. The molecule has 1 saturated heterocycles. The summed E-state index contributed by atoms with van der Waals surface area (Å²) in [7, 11) is 1.87. The van der Waals surface area contributed by atoms with Gasteiger partial charge in [0.2, 0.25) is 0 Å². The van der Waals surface area contributed by atoms with Crippen molar-refractivity contribution in [3.63, 3.8) is 0 Å². The number of nitrogens with zero attached hydrogens (tertiary/aromatic N) is 4. The van der Waals surface area contributed by atoms with Gasteiger partial charge < -0.3 is 15.1 Å². The Bertz CT molecular complexity index is 769. The zero-order chi connectivity index (χ0) is 17.8. The molecule has 6 heteroatoms. The summed E-state index contributed by atoms with van der Waals surface area (Å²) in [5.41, 5.74) is 4.41. The predicted molar refractivity (Wildman–Crippen MR) is 122 cm³/mol. The molecule has 27 heavy (non-hydrogen) atoms. The lowest BCUT2D eigenvalue weighted by atomic mass is 10.1. The second-order valence-corrected chi connectivity index (χ2v) is 7.02. The highest BCUT2D eigenvalue weighted by Gasteiger charge is 2.20. The molecule has 1 aromatic heterocycles. The average Bonchev–Trinajstić information content (AvgIpc) is 3.17. The van der Waals surface area contributed by atoms with E-state index in [0.717, 1.165) is 44.5 Å². The topological polar surface area (TPSA) is 43.8 Å². The van der Waals surface area contributed by atoms with Crippen molar-refractivity contribution in [3.8, 4) is 0 Å². The summed E-state index contributed by atoms with van der Waals surface area (Å²) in [6, 6.07) is 13.0. The molecule has 0 bridgehead atoms. The average molecular weight is 477 g/mol. The Morgan fingerprint density at radius 1 is 1.07 bits per heavy atom. The molecule has 0 amide bonds. The summed E-state index contributed by atoms with van der Waals surface area (Å²) in [5.74, 6) is 2.06. The molecule has 0 radical (unpaired) electrons. The first-order valence-electron chi connectivity index (χ1n) is 9.56. The second-order valence-electron chi connectivity index (χ2n) is 7.02. The van der Waals surface area contributed by atoms with Gasteiger partial charge in [-0.3, -0.25) is 4.99 Å². The normalized spacial score (nSPS) is 16.7. The van der Waals surface area contributed by atoms with Crippen LogP contribution >= 0.6 is 24.0 Å². The van der Waals surface area contributed by atoms with E-state index in [0.29, 0.717) is 0 Å². The number of piperazine rings is 1. The lowest BCUT2D eigenvalue weighted by Crippen LogP contribution is -2.52. The number of hydrogen-bond acceptors (Lipinski definition) is 3. The molecular formula is C21H28IN5. The maximum absolute atomic E-state index is 4.49. The maximum atomic E-state index is 4.49. The van der Waals surface area contributed by atoms with Gasteiger partial charge in [0.15, 0.2) is 5.96 Å². The summed E-state index contributed by atoms with van der Waals surface area (Å²) in [5, 5.41) is 3.54. The molecular weight excluding hydrogens is 449 g/mol. The van der Waals surface area contributed by atoms with Crippen molar-refractivity contribution in [2.24, 2.45) is 4.99 Å². The highest BCUT2D eigenvalue weighted by Crippen LogP contribution is 2.22. The maximum Gasteiger partial charge on any atom is 0.194 e. The van der Waals surface area contributed by atoms with Crippen LogP contribution < -0.4 is 10.2 Å². The number of anilines is 1. The van der Waals surface area contributed by atoms with Gasteiger partial charge >= 0.3 is 0 Å². The van der Waals surface area contributed by atoms with E-state index < -0.39 is 0 Å². The zero-order valence-corrected chi connectivity index (χ0v) is 18.2. The van der Waals surface area contributed by atoms with E-state index in [-0.39, 0.29) is 24.0 Å². The third kappa shape index (κ3) is 4.72. The van der Waals surface area contributed by atoms with Crippen molar-refractivity contribution >= 4 is 35.8 Å². The number of rotatable bonds is 3. The van der Waals surface area contributed by atoms with Crippen molar-refractivity contribution in [2.45, 2.75) is 25.8 Å². The van der Waals surface area contributed by atoms with Crippen LogP contribution in [-0.2, 0) is 19.4 Å². The number of guanidine groups is 1. The van der Waals surface area contributed by atoms with Crippen LogP contribution in [0.4, 0.5) is 5.82 Å². The van der Waals surface area contributed by atoms with Crippen LogP contribution in [0.3, 0.4) is 0 Å². The quantitative estimate of drug-likeness (QED) is 0.420. The molecule has 2 aromatic rings. The highest BCUT2D eigenvalue weighted by molar-refractivity contribution is 14.0. The van der Waals surface area contributed by atoms with E-state index in [1.807, 2.05) is 25.4 Å². The molecule has 1 aliphatic heterocycles.